The van der Waals surface area contributed by atoms with E-state index in [1.165, 1.54) is 0 Å². The average Bonchev–Trinajstić information content (AvgIpc) is 2.57. The molecule has 0 aromatic heterocycles. The van der Waals surface area contributed by atoms with Crippen LogP contribution in [-0.2, 0) is 17.1 Å². The molecule has 0 radical (unpaired) electrons. The van der Waals surface area contributed by atoms with Gasteiger partial charge in [0.2, 0.25) is 0 Å². The molecule has 12 heavy (non-hydrogen) atoms. The van der Waals surface area contributed by atoms with Crippen molar-refractivity contribution in [3.05, 3.63) is 60.3 Å². The molecule has 2 aromatic carbocycles. The van der Waals surface area contributed by atoms with Gasteiger partial charge in [-0.05, 0) is 0 Å². The first-order chi connectivity index (χ1) is 5.39. The Hall–Kier alpha value is -0.981. The Morgan fingerprint density at radius 2 is 1.67 bits per heavy atom. The summed E-state index contributed by atoms with van der Waals surface area (Å²) in [5, 5.41) is 0. The molecule has 0 aliphatic heterocycles. The Kier molecular flexibility index (Phi) is 6.16. The summed E-state index contributed by atoms with van der Waals surface area (Å²) in [4.78, 5) is 0. The predicted octanol–water partition coefficient (Wildman–Crippen LogP) is 3.49. The second-order valence-corrected chi connectivity index (χ2v) is 2.14. The SMILES string of the molecule is [Fe+2].[NH-]c1ccc[cH-]1.c1cc[cH-]c1. The average molecular weight is 200 g/mol. The molecular formula is C10H10FeN-. The Morgan fingerprint density at radius 1 is 1.00 bits per heavy atom. The Balaban J connectivity index is 0.000000189. The van der Waals surface area contributed by atoms with Gasteiger partial charge in [0.05, 0.1) is 0 Å². The van der Waals surface area contributed by atoms with Crippen LogP contribution in [0.5, 0.6) is 0 Å². The van der Waals surface area contributed by atoms with Gasteiger partial charge in [0.1, 0.15) is 0 Å². The van der Waals surface area contributed by atoms with E-state index in [1.54, 1.807) is 12.1 Å². The molecule has 2 heteroatoms. The van der Waals surface area contributed by atoms with Crippen molar-refractivity contribution in [3.63, 3.8) is 0 Å². The zero-order valence-corrected chi connectivity index (χ0v) is 7.65. The van der Waals surface area contributed by atoms with Gasteiger partial charge in [-0.1, -0.05) is 0 Å². The van der Waals surface area contributed by atoms with Crippen LogP contribution in [-0.4, -0.2) is 0 Å². The van der Waals surface area contributed by atoms with E-state index in [0.717, 1.165) is 0 Å². The zero-order valence-electron chi connectivity index (χ0n) is 6.55. The number of hydrogen-bond donors (Lipinski definition) is 0. The Labute approximate surface area is 83.4 Å². The molecule has 2 aromatic rings. The summed E-state index contributed by atoms with van der Waals surface area (Å²) in [6, 6.07) is 17.2. The second kappa shape index (κ2) is 6.71. The molecule has 0 heterocycles. The minimum Gasteiger partial charge on any atom is -0.720 e. The first-order valence-electron chi connectivity index (χ1n) is 3.49. The molecule has 0 fully saturated rings. The largest absolute Gasteiger partial charge is 2.00 e. The van der Waals surface area contributed by atoms with E-state index >= 15 is 0 Å². The van der Waals surface area contributed by atoms with Gasteiger partial charge >= 0.3 is 17.1 Å². The van der Waals surface area contributed by atoms with Crippen molar-refractivity contribution in [3.8, 4) is 0 Å². The maximum Gasteiger partial charge on any atom is 2.00 e. The van der Waals surface area contributed by atoms with Crippen molar-refractivity contribution in [2.45, 2.75) is 0 Å². The first-order valence-corrected chi connectivity index (χ1v) is 3.49. The summed E-state index contributed by atoms with van der Waals surface area (Å²) in [7, 11) is 0. The molecule has 0 saturated heterocycles. The van der Waals surface area contributed by atoms with Crippen molar-refractivity contribution >= 4 is 5.69 Å². The van der Waals surface area contributed by atoms with Crippen LogP contribution in [0.1, 0.15) is 0 Å². The maximum atomic E-state index is 6.88. The molecule has 0 atom stereocenters. The molecule has 0 saturated carbocycles. The fourth-order valence-corrected chi connectivity index (χ4v) is 0.695. The smallest absolute Gasteiger partial charge is 0.720 e. The van der Waals surface area contributed by atoms with E-state index < -0.39 is 0 Å². The van der Waals surface area contributed by atoms with Crippen LogP contribution < -0.4 is 0 Å². The third-order valence-corrected chi connectivity index (χ3v) is 1.22. The quantitative estimate of drug-likeness (QED) is 0.459. The topological polar surface area (TPSA) is 23.8 Å². The molecule has 2 rings (SSSR count). The van der Waals surface area contributed by atoms with Gasteiger partial charge in [0.25, 0.3) is 0 Å². The summed E-state index contributed by atoms with van der Waals surface area (Å²) in [5.74, 6) is 0. The fourth-order valence-electron chi connectivity index (χ4n) is 0.695. The van der Waals surface area contributed by atoms with Crippen LogP contribution in [0, 0.1) is 0 Å². The van der Waals surface area contributed by atoms with Gasteiger partial charge in [0.15, 0.2) is 0 Å². The van der Waals surface area contributed by atoms with E-state index in [1.807, 2.05) is 42.5 Å². The molecule has 0 unspecified atom stereocenters. The predicted molar refractivity (Wildman–Crippen MR) is 48.1 cm³/mol. The van der Waals surface area contributed by atoms with Crippen LogP contribution in [0.3, 0.4) is 0 Å². The van der Waals surface area contributed by atoms with Crippen molar-refractivity contribution < 1.29 is 17.1 Å². The number of rotatable bonds is 0. The summed E-state index contributed by atoms with van der Waals surface area (Å²) in [6.45, 7) is 0. The molecule has 0 amide bonds. The van der Waals surface area contributed by atoms with Crippen LogP contribution in [0.4, 0.5) is 5.69 Å². The van der Waals surface area contributed by atoms with Crippen LogP contribution in [0.25, 0.3) is 5.73 Å². The fraction of sp³-hybridized carbons (Fsp3) is 0. The van der Waals surface area contributed by atoms with Crippen molar-refractivity contribution in [2.24, 2.45) is 0 Å². The molecule has 64 valence electrons. The molecule has 0 aliphatic carbocycles. The van der Waals surface area contributed by atoms with E-state index in [-0.39, 0.29) is 17.1 Å². The van der Waals surface area contributed by atoms with Crippen LogP contribution in [0.2, 0.25) is 0 Å². The van der Waals surface area contributed by atoms with Crippen molar-refractivity contribution in [2.75, 3.05) is 0 Å². The van der Waals surface area contributed by atoms with Gasteiger partial charge in [-0.2, -0.15) is 30.3 Å². The number of hydrogen-bond acceptors (Lipinski definition) is 0. The number of nitrogens with one attached hydrogen (secondary N) is 1. The van der Waals surface area contributed by atoms with Gasteiger partial charge < -0.3 is 5.73 Å². The summed E-state index contributed by atoms with van der Waals surface area (Å²) < 4.78 is 0. The van der Waals surface area contributed by atoms with Gasteiger partial charge in [-0.3, -0.25) is 5.69 Å². The first kappa shape index (κ1) is 11.0. The minimum absolute atomic E-state index is 0. The van der Waals surface area contributed by atoms with E-state index in [4.69, 9.17) is 5.73 Å². The molecule has 0 aliphatic rings. The maximum absolute atomic E-state index is 6.88. The van der Waals surface area contributed by atoms with E-state index in [2.05, 4.69) is 0 Å². The van der Waals surface area contributed by atoms with Crippen LogP contribution in [0.15, 0.2) is 54.6 Å². The Bertz CT molecular complexity index is 228. The third-order valence-electron chi connectivity index (χ3n) is 1.22. The van der Waals surface area contributed by atoms with Crippen molar-refractivity contribution in [1.82, 2.24) is 0 Å². The van der Waals surface area contributed by atoms with Gasteiger partial charge in [-0.25, -0.2) is 24.3 Å². The zero-order chi connectivity index (χ0) is 7.94. The second-order valence-electron chi connectivity index (χ2n) is 2.14. The van der Waals surface area contributed by atoms with E-state index in [0.29, 0.717) is 5.69 Å². The summed E-state index contributed by atoms with van der Waals surface area (Å²) in [5.41, 5.74) is 7.47. The molecule has 0 bridgehead atoms. The van der Waals surface area contributed by atoms with E-state index in [9.17, 15) is 0 Å². The van der Waals surface area contributed by atoms with Crippen molar-refractivity contribution in [1.29, 1.82) is 0 Å². The summed E-state index contributed by atoms with van der Waals surface area (Å²) >= 11 is 0. The standard InChI is InChI=1S/C5H5N.C5H5.Fe/c6-5-3-1-2-4-5;1-2-4-5-3-1;/h1-4,6H;1-5H;/q-2;-1;+2. The third kappa shape index (κ3) is 4.78. The Morgan fingerprint density at radius 3 is 1.83 bits per heavy atom. The summed E-state index contributed by atoms with van der Waals surface area (Å²) in [6.07, 6.45) is 0. The molecular weight excluding hydrogens is 190 g/mol. The monoisotopic (exact) mass is 200 g/mol. The molecule has 1 nitrogen and oxygen atoms in total. The van der Waals surface area contributed by atoms with Crippen LogP contribution >= 0.6 is 0 Å². The van der Waals surface area contributed by atoms with Gasteiger partial charge in [-0.15, -0.1) is 0 Å². The minimum atomic E-state index is 0. The molecule has 1 N–H and O–H groups in total. The normalized spacial score (nSPS) is 7.67. The molecule has 0 spiro atoms. The van der Waals surface area contributed by atoms with Gasteiger partial charge in [0, 0.05) is 0 Å².